The molecule has 0 radical (unpaired) electrons. The number of rotatable bonds is 7. The summed E-state index contributed by atoms with van der Waals surface area (Å²) in [6, 6.07) is 0.122. The predicted octanol–water partition coefficient (Wildman–Crippen LogP) is 0.751. The molecule has 1 amide bonds. The second kappa shape index (κ2) is 6.08. The minimum atomic E-state index is -0.347. The molecule has 0 aromatic carbocycles. The molecule has 1 aliphatic carbocycles. The third kappa shape index (κ3) is 3.80. The molecule has 1 saturated carbocycles. The van der Waals surface area contributed by atoms with E-state index in [0.717, 1.165) is 32.2 Å². The largest absolute Gasteiger partial charge is 0.385 e. The van der Waals surface area contributed by atoms with Crippen LogP contribution in [0.1, 0.15) is 32.6 Å². The Morgan fingerprint density at radius 3 is 2.73 bits per heavy atom. The average Bonchev–Trinajstić information content (AvgIpc) is 3.03. The lowest BCUT2D eigenvalue weighted by Crippen LogP contribution is -2.44. The molecule has 0 spiro atoms. The Bertz CT molecular complexity index is 205. The van der Waals surface area contributed by atoms with Gasteiger partial charge in [-0.15, -0.1) is 0 Å². The third-order valence-electron chi connectivity index (χ3n) is 2.79. The lowest BCUT2D eigenvalue weighted by molar-refractivity contribution is -0.133. The van der Waals surface area contributed by atoms with E-state index in [1.54, 1.807) is 7.11 Å². The number of nitrogens with zero attached hydrogens (tertiary/aromatic N) is 1. The fraction of sp³-hybridized carbons (Fsp3) is 0.909. The number of hydrogen-bond donors (Lipinski definition) is 1. The number of amides is 1. The summed E-state index contributed by atoms with van der Waals surface area (Å²) in [6.07, 6.45) is 3.86. The van der Waals surface area contributed by atoms with E-state index in [1.807, 2.05) is 11.8 Å². The number of hydrogen-bond acceptors (Lipinski definition) is 3. The van der Waals surface area contributed by atoms with Crippen LogP contribution in [-0.4, -0.2) is 43.2 Å². The molecule has 1 atom stereocenters. The van der Waals surface area contributed by atoms with Gasteiger partial charge in [0, 0.05) is 26.3 Å². The molecule has 0 saturated heterocycles. The van der Waals surface area contributed by atoms with Crippen LogP contribution in [0.2, 0.25) is 0 Å². The van der Waals surface area contributed by atoms with Crippen LogP contribution >= 0.6 is 0 Å². The molecule has 0 aliphatic heterocycles. The van der Waals surface area contributed by atoms with Crippen molar-refractivity contribution in [1.82, 2.24) is 4.90 Å². The highest BCUT2D eigenvalue weighted by molar-refractivity contribution is 5.82. The van der Waals surface area contributed by atoms with Crippen LogP contribution in [0.15, 0.2) is 0 Å². The Kier molecular flexibility index (Phi) is 5.05. The Morgan fingerprint density at radius 1 is 1.60 bits per heavy atom. The first-order valence-electron chi connectivity index (χ1n) is 5.75. The van der Waals surface area contributed by atoms with Gasteiger partial charge in [0.25, 0.3) is 0 Å². The zero-order chi connectivity index (χ0) is 11.3. The molecule has 2 N–H and O–H groups in total. The van der Waals surface area contributed by atoms with Crippen molar-refractivity contribution in [3.8, 4) is 0 Å². The van der Waals surface area contributed by atoms with Gasteiger partial charge in [-0.05, 0) is 32.6 Å². The first-order chi connectivity index (χ1) is 7.20. The minimum Gasteiger partial charge on any atom is -0.385 e. The van der Waals surface area contributed by atoms with Gasteiger partial charge in [-0.1, -0.05) is 0 Å². The summed E-state index contributed by atoms with van der Waals surface area (Å²) in [6.45, 7) is 3.47. The molecule has 0 aromatic rings. The van der Waals surface area contributed by atoms with Crippen LogP contribution in [0.25, 0.3) is 0 Å². The summed E-state index contributed by atoms with van der Waals surface area (Å²) in [7, 11) is 1.66. The van der Waals surface area contributed by atoms with Gasteiger partial charge in [0.2, 0.25) is 5.91 Å². The van der Waals surface area contributed by atoms with Crippen molar-refractivity contribution in [1.29, 1.82) is 0 Å². The number of carbonyl (C=O) groups is 1. The van der Waals surface area contributed by atoms with Crippen molar-refractivity contribution in [2.45, 2.75) is 44.7 Å². The molecular formula is C11H22N2O2. The number of methoxy groups -OCH3 is 1. The van der Waals surface area contributed by atoms with Gasteiger partial charge in [-0.25, -0.2) is 0 Å². The van der Waals surface area contributed by atoms with Crippen molar-refractivity contribution in [2.75, 3.05) is 20.3 Å². The first kappa shape index (κ1) is 12.5. The van der Waals surface area contributed by atoms with E-state index in [2.05, 4.69) is 0 Å². The first-order valence-corrected chi connectivity index (χ1v) is 5.75. The van der Waals surface area contributed by atoms with E-state index in [9.17, 15) is 4.79 Å². The van der Waals surface area contributed by atoms with E-state index < -0.39 is 0 Å². The van der Waals surface area contributed by atoms with Crippen LogP contribution in [-0.2, 0) is 9.53 Å². The van der Waals surface area contributed by atoms with E-state index in [0.29, 0.717) is 12.6 Å². The molecule has 15 heavy (non-hydrogen) atoms. The SMILES string of the molecule is CCN(C(=O)C(N)CCCOC)C1CC1. The van der Waals surface area contributed by atoms with Crippen LogP contribution in [0.5, 0.6) is 0 Å². The summed E-state index contributed by atoms with van der Waals surface area (Å²) >= 11 is 0. The number of ether oxygens (including phenoxy) is 1. The third-order valence-corrected chi connectivity index (χ3v) is 2.79. The average molecular weight is 214 g/mol. The fourth-order valence-electron chi connectivity index (χ4n) is 1.76. The predicted molar refractivity (Wildman–Crippen MR) is 59.5 cm³/mol. The molecule has 4 nitrogen and oxygen atoms in total. The normalized spacial score (nSPS) is 17.5. The molecule has 88 valence electrons. The van der Waals surface area contributed by atoms with E-state index >= 15 is 0 Å². The summed E-state index contributed by atoms with van der Waals surface area (Å²) < 4.78 is 4.94. The number of likely N-dealkylation sites (N-methyl/N-ethyl adjacent to an activating group) is 1. The van der Waals surface area contributed by atoms with Crippen LogP contribution in [0.3, 0.4) is 0 Å². The van der Waals surface area contributed by atoms with Crippen molar-refractivity contribution < 1.29 is 9.53 Å². The van der Waals surface area contributed by atoms with Crippen molar-refractivity contribution in [3.63, 3.8) is 0 Å². The molecule has 1 aliphatic rings. The van der Waals surface area contributed by atoms with Crippen LogP contribution in [0, 0.1) is 0 Å². The fourth-order valence-corrected chi connectivity index (χ4v) is 1.76. The summed E-state index contributed by atoms with van der Waals surface area (Å²) in [5.41, 5.74) is 5.85. The van der Waals surface area contributed by atoms with Crippen molar-refractivity contribution in [2.24, 2.45) is 5.73 Å². The second-order valence-corrected chi connectivity index (χ2v) is 4.10. The van der Waals surface area contributed by atoms with Gasteiger partial charge in [0.05, 0.1) is 6.04 Å². The lowest BCUT2D eigenvalue weighted by atomic mass is 10.1. The zero-order valence-electron chi connectivity index (χ0n) is 9.74. The van der Waals surface area contributed by atoms with Gasteiger partial charge in [-0.2, -0.15) is 0 Å². The summed E-state index contributed by atoms with van der Waals surface area (Å²) in [5, 5.41) is 0. The Balaban J connectivity index is 2.29. The van der Waals surface area contributed by atoms with Gasteiger partial charge in [-0.3, -0.25) is 4.79 Å². The highest BCUT2D eigenvalue weighted by atomic mass is 16.5. The van der Waals surface area contributed by atoms with E-state index in [-0.39, 0.29) is 11.9 Å². The molecule has 1 fully saturated rings. The minimum absolute atomic E-state index is 0.108. The van der Waals surface area contributed by atoms with Crippen LogP contribution < -0.4 is 5.73 Å². The van der Waals surface area contributed by atoms with Gasteiger partial charge >= 0.3 is 0 Å². The second-order valence-electron chi connectivity index (χ2n) is 4.10. The van der Waals surface area contributed by atoms with E-state index in [4.69, 9.17) is 10.5 Å². The Labute approximate surface area is 91.8 Å². The standard InChI is InChI=1S/C11H22N2O2/c1-3-13(9-6-7-9)11(14)10(12)5-4-8-15-2/h9-10H,3-8,12H2,1-2H3. The summed E-state index contributed by atoms with van der Waals surface area (Å²) in [4.78, 5) is 13.8. The monoisotopic (exact) mass is 214 g/mol. The van der Waals surface area contributed by atoms with Crippen molar-refractivity contribution in [3.05, 3.63) is 0 Å². The Morgan fingerprint density at radius 2 is 2.27 bits per heavy atom. The maximum absolute atomic E-state index is 11.9. The topological polar surface area (TPSA) is 55.6 Å². The molecule has 4 heteroatoms. The number of carbonyl (C=O) groups excluding carboxylic acids is 1. The maximum atomic E-state index is 11.9. The molecular weight excluding hydrogens is 192 g/mol. The Hall–Kier alpha value is -0.610. The molecule has 1 unspecified atom stereocenters. The molecule has 0 aromatic heterocycles. The van der Waals surface area contributed by atoms with Crippen molar-refractivity contribution >= 4 is 5.91 Å². The van der Waals surface area contributed by atoms with Gasteiger partial charge in [0.15, 0.2) is 0 Å². The molecule has 0 heterocycles. The highest BCUT2D eigenvalue weighted by Crippen LogP contribution is 2.27. The lowest BCUT2D eigenvalue weighted by Gasteiger charge is -2.24. The van der Waals surface area contributed by atoms with E-state index in [1.165, 1.54) is 0 Å². The highest BCUT2D eigenvalue weighted by Gasteiger charge is 2.33. The zero-order valence-corrected chi connectivity index (χ0v) is 9.74. The smallest absolute Gasteiger partial charge is 0.239 e. The van der Waals surface area contributed by atoms with Gasteiger partial charge in [0.1, 0.15) is 0 Å². The summed E-state index contributed by atoms with van der Waals surface area (Å²) in [5.74, 6) is 0.108. The quantitative estimate of drug-likeness (QED) is 0.636. The number of nitrogens with two attached hydrogens (primary N) is 1. The maximum Gasteiger partial charge on any atom is 0.239 e. The van der Waals surface area contributed by atoms with Gasteiger partial charge < -0.3 is 15.4 Å². The van der Waals surface area contributed by atoms with Crippen LogP contribution in [0.4, 0.5) is 0 Å². The molecule has 1 rings (SSSR count). The molecule has 0 bridgehead atoms.